The maximum absolute atomic E-state index is 2.80. The first-order valence-corrected chi connectivity index (χ1v) is 10.1. The number of piperidine rings is 1. The van der Waals surface area contributed by atoms with Crippen LogP contribution < -0.4 is 0 Å². The Morgan fingerprint density at radius 3 is 2.05 bits per heavy atom. The Morgan fingerprint density at radius 2 is 1.57 bits per heavy atom. The Hall–Kier alpha value is 0.270. The Kier molecular flexibility index (Phi) is 7.56. The SMILES string of the molecule is CCCCN(CCCSC)C1CC(C)(C)N(C)C(C)(C)C1. The Morgan fingerprint density at radius 1 is 1.05 bits per heavy atom. The molecule has 2 nitrogen and oxygen atoms in total. The molecule has 3 heteroatoms. The van der Waals surface area contributed by atoms with Gasteiger partial charge in [-0.25, -0.2) is 0 Å². The highest BCUT2D eigenvalue weighted by molar-refractivity contribution is 7.98. The second kappa shape index (κ2) is 8.21. The summed E-state index contributed by atoms with van der Waals surface area (Å²) in [5.74, 6) is 1.29. The van der Waals surface area contributed by atoms with Gasteiger partial charge in [-0.2, -0.15) is 11.8 Å². The van der Waals surface area contributed by atoms with Gasteiger partial charge >= 0.3 is 0 Å². The molecule has 21 heavy (non-hydrogen) atoms. The highest BCUT2D eigenvalue weighted by Crippen LogP contribution is 2.39. The van der Waals surface area contributed by atoms with Gasteiger partial charge in [-0.05, 0) is 85.5 Å². The molecule has 0 amide bonds. The molecule has 1 aliphatic rings. The van der Waals surface area contributed by atoms with Crippen LogP contribution in [0.15, 0.2) is 0 Å². The van der Waals surface area contributed by atoms with Gasteiger partial charge < -0.3 is 4.90 Å². The zero-order valence-electron chi connectivity index (χ0n) is 15.5. The van der Waals surface area contributed by atoms with Crippen molar-refractivity contribution in [3.63, 3.8) is 0 Å². The van der Waals surface area contributed by atoms with Gasteiger partial charge in [0.2, 0.25) is 0 Å². The fourth-order valence-corrected chi connectivity index (χ4v) is 4.24. The summed E-state index contributed by atoms with van der Waals surface area (Å²) in [7, 11) is 2.31. The third-order valence-corrected chi connectivity index (χ3v) is 6.09. The molecular formula is C18H38N2S. The molecule has 0 spiro atoms. The van der Waals surface area contributed by atoms with Crippen LogP contribution in [0.25, 0.3) is 0 Å². The van der Waals surface area contributed by atoms with Crippen molar-refractivity contribution in [1.29, 1.82) is 0 Å². The van der Waals surface area contributed by atoms with E-state index in [4.69, 9.17) is 0 Å². The van der Waals surface area contributed by atoms with Gasteiger partial charge in [-0.3, -0.25) is 4.90 Å². The number of rotatable bonds is 8. The maximum atomic E-state index is 2.80. The van der Waals surface area contributed by atoms with Crippen molar-refractivity contribution in [2.24, 2.45) is 0 Å². The van der Waals surface area contributed by atoms with Crippen molar-refractivity contribution in [3.05, 3.63) is 0 Å². The average molecular weight is 315 g/mol. The van der Waals surface area contributed by atoms with Gasteiger partial charge in [-0.15, -0.1) is 0 Å². The summed E-state index contributed by atoms with van der Waals surface area (Å²) in [6.07, 6.45) is 8.80. The minimum Gasteiger partial charge on any atom is -0.300 e. The zero-order chi connectivity index (χ0) is 16.1. The summed E-state index contributed by atoms with van der Waals surface area (Å²) >= 11 is 1.98. The maximum Gasteiger partial charge on any atom is 0.0170 e. The topological polar surface area (TPSA) is 6.48 Å². The summed E-state index contributed by atoms with van der Waals surface area (Å²) in [6, 6.07) is 0.750. The van der Waals surface area contributed by atoms with Crippen molar-refractivity contribution >= 4 is 11.8 Å². The van der Waals surface area contributed by atoms with Crippen LogP contribution >= 0.6 is 11.8 Å². The van der Waals surface area contributed by atoms with Gasteiger partial charge in [0.1, 0.15) is 0 Å². The van der Waals surface area contributed by atoms with Crippen LogP contribution in [0.4, 0.5) is 0 Å². The van der Waals surface area contributed by atoms with E-state index in [1.807, 2.05) is 11.8 Å². The van der Waals surface area contributed by atoms with E-state index in [2.05, 4.69) is 57.7 Å². The highest BCUT2D eigenvalue weighted by Gasteiger charge is 2.44. The molecular weight excluding hydrogens is 276 g/mol. The second-order valence-electron chi connectivity index (χ2n) is 7.98. The molecule has 126 valence electrons. The lowest BCUT2D eigenvalue weighted by Crippen LogP contribution is -2.62. The molecule has 0 unspecified atom stereocenters. The van der Waals surface area contributed by atoms with Crippen LogP contribution in [0.2, 0.25) is 0 Å². The monoisotopic (exact) mass is 314 g/mol. The van der Waals surface area contributed by atoms with Crippen molar-refractivity contribution in [2.45, 2.75) is 83.8 Å². The smallest absolute Gasteiger partial charge is 0.0170 e. The van der Waals surface area contributed by atoms with Crippen molar-refractivity contribution in [1.82, 2.24) is 9.80 Å². The highest BCUT2D eigenvalue weighted by atomic mass is 32.2. The first-order chi connectivity index (χ1) is 9.74. The number of hydrogen-bond acceptors (Lipinski definition) is 3. The van der Waals surface area contributed by atoms with Gasteiger partial charge in [0.25, 0.3) is 0 Å². The minimum atomic E-state index is 0.302. The molecule has 0 aromatic heterocycles. The van der Waals surface area contributed by atoms with Crippen molar-refractivity contribution < 1.29 is 0 Å². The Labute approximate surface area is 138 Å². The first-order valence-electron chi connectivity index (χ1n) is 8.71. The molecule has 0 aliphatic carbocycles. The van der Waals surface area contributed by atoms with Gasteiger partial charge in [0.05, 0.1) is 0 Å². The predicted octanol–water partition coefficient (Wildman–Crippen LogP) is 4.49. The van der Waals surface area contributed by atoms with Crippen LogP contribution in [-0.2, 0) is 0 Å². The van der Waals surface area contributed by atoms with Crippen molar-refractivity contribution in [3.8, 4) is 0 Å². The Balaban J connectivity index is 2.75. The van der Waals surface area contributed by atoms with E-state index >= 15 is 0 Å². The first kappa shape index (κ1) is 19.3. The molecule has 0 saturated carbocycles. The summed E-state index contributed by atoms with van der Waals surface area (Å²) in [5.41, 5.74) is 0.604. The Bertz CT molecular complexity index is 284. The quantitative estimate of drug-likeness (QED) is 0.609. The lowest BCUT2D eigenvalue weighted by Gasteiger charge is -2.55. The zero-order valence-corrected chi connectivity index (χ0v) is 16.4. The fraction of sp³-hybridized carbons (Fsp3) is 1.00. The minimum absolute atomic E-state index is 0.302. The van der Waals surface area contributed by atoms with E-state index in [1.165, 1.54) is 50.9 Å². The number of nitrogens with zero attached hydrogens (tertiary/aromatic N) is 2. The van der Waals surface area contributed by atoms with Crippen LogP contribution in [-0.4, -0.2) is 59.1 Å². The third kappa shape index (κ3) is 5.44. The van der Waals surface area contributed by atoms with Crippen molar-refractivity contribution in [2.75, 3.05) is 32.1 Å². The molecule has 0 aromatic carbocycles. The van der Waals surface area contributed by atoms with Crippen LogP contribution in [0, 0.1) is 0 Å². The number of likely N-dealkylation sites (tertiary alicyclic amines) is 1. The van der Waals surface area contributed by atoms with E-state index in [-0.39, 0.29) is 0 Å². The molecule has 1 aliphatic heterocycles. The van der Waals surface area contributed by atoms with E-state index in [1.54, 1.807) is 0 Å². The average Bonchev–Trinajstić information content (AvgIpc) is 2.39. The van der Waals surface area contributed by atoms with Gasteiger partial charge in [0.15, 0.2) is 0 Å². The van der Waals surface area contributed by atoms with E-state index in [9.17, 15) is 0 Å². The summed E-state index contributed by atoms with van der Waals surface area (Å²) in [5, 5.41) is 0. The lowest BCUT2D eigenvalue weighted by molar-refractivity contribution is -0.0476. The molecule has 0 radical (unpaired) electrons. The number of unbranched alkanes of at least 4 members (excludes halogenated alkanes) is 1. The summed E-state index contributed by atoms with van der Waals surface area (Å²) in [6.45, 7) is 14.5. The normalized spacial score (nSPS) is 22.9. The summed E-state index contributed by atoms with van der Waals surface area (Å²) in [4.78, 5) is 5.40. The number of thioether (sulfide) groups is 1. The third-order valence-electron chi connectivity index (χ3n) is 5.40. The predicted molar refractivity (Wildman–Crippen MR) is 98.4 cm³/mol. The molecule has 0 bridgehead atoms. The second-order valence-corrected chi connectivity index (χ2v) is 8.97. The van der Waals surface area contributed by atoms with E-state index in [0.717, 1.165) is 6.04 Å². The van der Waals surface area contributed by atoms with Gasteiger partial charge in [0, 0.05) is 17.1 Å². The molecule has 0 atom stereocenters. The standard InChI is InChI=1S/C18H38N2S/c1-8-9-11-20(12-10-13-21-7)16-14-17(2,3)19(6)18(4,5)15-16/h16H,8-15H2,1-7H3. The van der Waals surface area contributed by atoms with Gasteiger partial charge in [-0.1, -0.05) is 13.3 Å². The van der Waals surface area contributed by atoms with E-state index in [0.29, 0.717) is 11.1 Å². The van der Waals surface area contributed by atoms with Crippen LogP contribution in [0.3, 0.4) is 0 Å². The lowest BCUT2D eigenvalue weighted by atomic mass is 9.77. The van der Waals surface area contributed by atoms with E-state index < -0.39 is 0 Å². The molecule has 1 rings (SSSR count). The number of hydrogen-bond donors (Lipinski definition) is 0. The van der Waals surface area contributed by atoms with Crippen LogP contribution in [0.1, 0.15) is 66.7 Å². The molecule has 0 N–H and O–H groups in total. The molecule has 0 aromatic rings. The summed E-state index contributed by atoms with van der Waals surface area (Å²) < 4.78 is 0. The molecule has 1 saturated heterocycles. The largest absolute Gasteiger partial charge is 0.300 e. The molecule has 1 fully saturated rings. The fourth-order valence-electron chi connectivity index (χ4n) is 3.83. The molecule has 1 heterocycles. The van der Waals surface area contributed by atoms with Crippen LogP contribution in [0.5, 0.6) is 0 Å².